The summed E-state index contributed by atoms with van der Waals surface area (Å²) >= 11 is 2.16. The second-order valence-corrected chi connectivity index (χ2v) is 8.17. The predicted molar refractivity (Wildman–Crippen MR) is 76.8 cm³/mol. The van der Waals surface area contributed by atoms with Gasteiger partial charge >= 0.3 is 5.97 Å². The van der Waals surface area contributed by atoms with Gasteiger partial charge in [-0.15, -0.1) is 22.7 Å². The SMILES string of the molecule is Cc1cc(S(=O)(=O)N(C)Cc2cscn2)sc1C(=O)O. The summed E-state index contributed by atoms with van der Waals surface area (Å²) in [4.78, 5) is 15.1. The molecule has 2 aromatic heterocycles. The molecule has 6 nitrogen and oxygen atoms in total. The van der Waals surface area contributed by atoms with Crippen LogP contribution in [-0.4, -0.2) is 35.8 Å². The highest BCUT2D eigenvalue weighted by Gasteiger charge is 2.26. The maximum absolute atomic E-state index is 12.4. The van der Waals surface area contributed by atoms with Crippen LogP contribution in [0.4, 0.5) is 0 Å². The van der Waals surface area contributed by atoms with Gasteiger partial charge in [0.15, 0.2) is 0 Å². The summed E-state index contributed by atoms with van der Waals surface area (Å²) in [7, 11) is -2.25. The smallest absolute Gasteiger partial charge is 0.346 e. The van der Waals surface area contributed by atoms with Crippen molar-refractivity contribution >= 4 is 38.7 Å². The number of carboxylic acids is 1. The third-order valence-electron chi connectivity index (χ3n) is 2.62. The number of sulfonamides is 1. The van der Waals surface area contributed by atoms with Crippen LogP contribution in [0, 0.1) is 6.92 Å². The number of aromatic nitrogens is 1. The van der Waals surface area contributed by atoms with E-state index in [1.165, 1.54) is 28.8 Å². The fourth-order valence-corrected chi connectivity index (χ4v) is 4.86. The van der Waals surface area contributed by atoms with Gasteiger partial charge in [0.2, 0.25) is 0 Å². The number of hydrogen-bond acceptors (Lipinski definition) is 6. The van der Waals surface area contributed by atoms with E-state index in [0.717, 1.165) is 11.3 Å². The van der Waals surface area contributed by atoms with E-state index in [4.69, 9.17) is 5.11 Å². The van der Waals surface area contributed by atoms with Gasteiger partial charge in [-0.05, 0) is 18.6 Å². The molecule has 20 heavy (non-hydrogen) atoms. The molecule has 2 heterocycles. The average molecular weight is 332 g/mol. The Hall–Kier alpha value is -1.29. The summed E-state index contributed by atoms with van der Waals surface area (Å²) in [5, 5.41) is 10.8. The summed E-state index contributed by atoms with van der Waals surface area (Å²) in [5.74, 6) is -1.11. The molecule has 0 aliphatic heterocycles. The Morgan fingerprint density at radius 3 is 2.70 bits per heavy atom. The average Bonchev–Trinajstić information content (AvgIpc) is 2.98. The number of hydrogen-bond donors (Lipinski definition) is 1. The van der Waals surface area contributed by atoms with E-state index in [2.05, 4.69) is 4.98 Å². The van der Waals surface area contributed by atoms with Crippen molar-refractivity contribution in [1.82, 2.24) is 9.29 Å². The molecule has 0 aliphatic rings. The third kappa shape index (κ3) is 2.90. The number of nitrogens with zero attached hydrogens (tertiary/aromatic N) is 2. The van der Waals surface area contributed by atoms with Crippen molar-refractivity contribution in [3.05, 3.63) is 33.1 Å². The molecule has 0 spiro atoms. The van der Waals surface area contributed by atoms with Crippen molar-refractivity contribution in [3.63, 3.8) is 0 Å². The molecular weight excluding hydrogens is 320 g/mol. The molecule has 0 unspecified atom stereocenters. The molecule has 0 aliphatic carbocycles. The molecule has 108 valence electrons. The monoisotopic (exact) mass is 332 g/mol. The Kier molecular flexibility index (Phi) is 4.23. The third-order valence-corrected chi connectivity index (χ3v) is 6.74. The van der Waals surface area contributed by atoms with E-state index in [1.807, 2.05) is 0 Å². The number of aryl methyl sites for hydroxylation is 1. The molecule has 0 aromatic carbocycles. The Morgan fingerprint density at radius 1 is 1.50 bits per heavy atom. The van der Waals surface area contributed by atoms with E-state index in [0.29, 0.717) is 11.3 Å². The van der Waals surface area contributed by atoms with Gasteiger partial charge in [-0.2, -0.15) is 4.31 Å². The molecule has 0 bridgehead atoms. The van der Waals surface area contributed by atoms with Crippen LogP contribution >= 0.6 is 22.7 Å². The molecule has 9 heteroatoms. The first kappa shape index (κ1) is 15.1. The van der Waals surface area contributed by atoms with E-state index in [1.54, 1.807) is 17.8 Å². The summed E-state index contributed by atoms with van der Waals surface area (Å²) in [6, 6.07) is 1.39. The van der Waals surface area contributed by atoms with Gasteiger partial charge in [-0.1, -0.05) is 0 Å². The lowest BCUT2D eigenvalue weighted by Crippen LogP contribution is -2.25. The summed E-state index contributed by atoms with van der Waals surface area (Å²) in [6.45, 7) is 1.74. The largest absolute Gasteiger partial charge is 0.477 e. The van der Waals surface area contributed by atoms with Crippen LogP contribution in [0.3, 0.4) is 0 Å². The Morgan fingerprint density at radius 2 is 2.20 bits per heavy atom. The minimum Gasteiger partial charge on any atom is -0.477 e. The van der Waals surface area contributed by atoms with Gasteiger partial charge in [0.1, 0.15) is 9.09 Å². The van der Waals surface area contributed by atoms with Gasteiger partial charge in [0.05, 0.1) is 17.7 Å². The van der Waals surface area contributed by atoms with Crippen LogP contribution in [0.5, 0.6) is 0 Å². The molecule has 0 fully saturated rings. The van der Waals surface area contributed by atoms with Crippen LogP contribution in [0.2, 0.25) is 0 Å². The van der Waals surface area contributed by atoms with Gasteiger partial charge < -0.3 is 5.11 Å². The lowest BCUT2D eigenvalue weighted by atomic mass is 10.3. The molecule has 0 amide bonds. The van der Waals surface area contributed by atoms with Crippen LogP contribution in [0.1, 0.15) is 20.9 Å². The zero-order valence-electron chi connectivity index (χ0n) is 10.7. The highest BCUT2D eigenvalue weighted by molar-refractivity contribution is 7.91. The quantitative estimate of drug-likeness (QED) is 0.905. The van der Waals surface area contributed by atoms with Crippen molar-refractivity contribution in [2.24, 2.45) is 0 Å². The molecule has 0 atom stereocenters. The van der Waals surface area contributed by atoms with Gasteiger partial charge in [-0.3, -0.25) is 0 Å². The van der Waals surface area contributed by atoms with E-state index in [-0.39, 0.29) is 15.6 Å². The number of aromatic carboxylic acids is 1. The predicted octanol–water partition coefficient (Wildman–Crippen LogP) is 2.03. The summed E-state index contributed by atoms with van der Waals surface area (Å²) in [5.41, 5.74) is 2.74. The minimum absolute atomic E-state index is 0.0325. The maximum Gasteiger partial charge on any atom is 0.346 e. The summed E-state index contributed by atoms with van der Waals surface area (Å²) in [6.07, 6.45) is 0. The first-order valence-electron chi connectivity index (χ1n) is 5.49. The molecule has 0 saturated heterocycles. The maximum atomic E-state index is 12.4. The van der Waals surface area contributed by atoms with Crippen molar-refractivity contribution in [1.29, 1.82) is 0 Å². The second-order valence-electron chi connectivity index (χ2n) is 4.12. The van der Waals surface area contributed by atoms with E-state index >= 15 is 0 Å². The van der Waals surface area contributed by atoms with Crippen LogP contribution in [-0.2, 0) is 16.6 Å². The van der Waals surface area contributed by atoms with Gasteiger partial charge in [-0.25, -0.2) is 18.2 Å². The molecule has 2 aromatic rings. The first-order valence-corrected chi connectivity index (χ1v) is 8.69. The fraction of sp³-hybridized carbons (Fsp3) is 0.273. The van der Waals surface area contributed by atoms with E-state index < -0.39 is 16.0 Å². The van der Waals surface area contributed by atoms with Crippen LogP contribution in [0.15, 0.2) is 21.2 Å². The normalized spacial score (nSPS) is 11.9. The Bertz CT molecular complexity index is 719. The topological polar surface area (TPSA) is 87.6 Å². The van der Waals surface area contributed by atoms with Crippen molar-refractivity contribution < 1.29 is 18.3 Å². The molecule has 2 rings (SSSR count). The molecule has 0 saturated carbocycles. The number of thiophene rings is 1. The number of carbonyl (C=O) groups is 1. The van der Waals surface area contributed by atoms with Crippen molar-refractivity contribution in [2.45, 2.75) is 17.7 Å². The zero-order chi connectivity index (χ0) is 14.9. The lowest BCUT2D eigenvalue weighted by molar-refractivity contribution is 0.0701. The van der Waals surface area contributed by atoms with Crippen molar-refractivity contribution in [2.75, 3.05) is 7.05 Å². The number of carboxylic acid groups (broad SMARTS) is 1. The van der Waals surface area contributed by atoms with E-state index in [9.17, 15) is 13.2 Å². The second kappa shape index (κ2) is 5.60. The molecule has 0 radical (unpaired) electrons. The summed E-state index contributed by atoms with van der Waals surface area (Å²) < 4.78 is 25.9. The molecule has 1 N–H and O–H groups in total. The fourth-order valence-electron chi connectivity index (χ4n) is 1.57. The first-order chi connectivity index (χ1) is 9.32. The van der Waals surface area contributed by atoms with Crippen molar-refractivity contribution in [3.8, 4) is 0 Å². The van der Waals surface area contributed by atoms with Crippen LogP contribution in [0.25, 0.3) is 0 Å². The lowest BCUT2D eigenvalue weighted by Gasteiger charge is -2.14. The Balaban J connectivity index is 2.30. The van der Waals surface area contributed by atoms with Gasteiger partial charge in [0, 0.05) is 12.4 Å². The number of thiazole rings is 1. The number of rotatable bonds is 5. The minimum atomic E-state index is -3.70. The Labute approximate surface area is 124 Å². The standard InChI is InChI=1S/C11H12N2O4S3/c1-7-3-9(19-10(7)11(14)15)20(16,17)13(2)4-8-5-18-6-12-8/h3,5-6H,4H2,1-2H3,(H,14,15). The van der Waals surface area contributed by atoms with Crippen LogP contribution < -0.4 is 0 Å². The zero-order valence-corrected chi connectivity index (χ0v) is 13.2. The molecular formula is C11H12N2O4S3. The van der Waals surface area contributed by atoms with Gasteiger partial charge in [0.25, 0.3) is 10.0 Å². The highest BCUT2D eigenvalue weighted by atomic mass is 32.2. The highest BCUT2D eigenvalue weighted by Crippen LogP contribution is 2.28.